The Hall–Kier alpha value is -2.87. The van der Waals surface area contributed by atoms with Gasteiger partial charge in [0.15, 0.2) is 0 Å². The second kappa shape index (κ2) is 7.41. The fraction of sp³-hybridized carbons (Fsp3) is 0.278. The van der Waals surface area contributed by atoms with E-state index in [-0.39, 0.29) is 5.91 Å². The van der Waals surface area contributed by atoms with Crippen molar-refractivity contribution in [3.63, 3.8) is 0 Å². The van der Waals surface area contributed by atoms with Crippen LogP contribution >= 0.6 is 0 Å². The number of benzene rings is 1. The van der Waals surface area contributed by atoms with E-state index in [0.29, 0.717) is 13.0 Å². The van der Waals surface area contributed by atoms with E-state index < -0.39 is 0 Å². The number of aryl methyl sites for hydroxylation is 1. The predicted molar refractivity (Wildman–Crippen MR) is 89.9 cm³/mol. The van der Waals surface area contributed by atoms with Crippen molar-refractivity contribution in [3.8, 4) is 11.8 Å². The summed E-state index contributed by atoms with van der Waals surface area (Å²) in [6, 6.07) is 11.9. The molecule has 1 heterocycles. The summed E-state index contributed by atoms with van der Waals surface area (Å²) in [5.74, 6) is -0.119. The highest BCUT2D eigenvalue weighted by Crippen LogP contribution is 2.19. The molecule has 23 heavy (non-hydrogen) atoms. The Bertz CT molecular complexity index is 753. The van der Waals surface area contributed by atoms with Crippen molar-refractivity contribution in [3.05, 3.63) is 53.4 Å². The normalized spacial score (nSPS) is 10.7. The van der Waals surface area contributed by atoms with Gasteiger partial charge in [0.25, 0.3) is 0 Å². The number of para-hydroxylation sites is 1. The van der Waals surface area contributed by atoms with E-state index in [1.807, 2.05) is 54.9 Å². The fourth-order valence-electron chi connectivity index (χ4n) is 2.33. The van der Waals surface area contributed by atoms with Crippen LogP contribution in [0.3, 0.4) is 0 Å². The second-order valence-corrected chi connectivity index (χ2v) is 5.33. The zero-order valence-electron chi connectivity index (χ0n) is 13.7. The first kappa shape index (κ1) is 16.5. The average Bonchev–Trinajstić information content (AvgIpc) is 2.85. The molecule has 5 heteroatoms. The van der Waals surface area contributed by atoms with Gasteiger partial charge in [-0.3, -0.25) is 4.79 Å². The number of hydrogen-bond acceptors (Lipinski definition) is 3. The van der Waals surface area contributed by atoms with E-state index >= 15 is 0 Å². The zero-order valence-corrected chi connectivity index (χ0v) is 13.7. The molecular formula is C18H20N4O. The largest absolute Gasteiger partial charge is 0.341 e. The lowest BCUT2D eigenvalue weighted by Crippen LogP contribution is -2.25. The van der Waals surface area contributed by atoms with Gasteiger partial charge in [-0.2, -0.15) is 10.4 Å². The maximum absolute atomic E-state index is 12.0. The van der Waals surface area contributed by atoms with Gasteiger partial charge in [-0.1, -0.05) is 18.2 Å². The number of carbonyl (C=O) groups excluding carboxylic acids is 1. The van der Waals surface area contributed by atoms with E-state index in [1.54, 1.807) is 13.1 Å². The third kappa shape index (κ3) is 3.86. The molecular weight excluding hydrogens is 288 g/mol. The number of likely N-dealkylation sites (N-methyl/N-ethyl adjacent to an activating group) is 1. The summed E-state index contributed by atoms with van der Waals surface area (Å²) in [5, 5.41) is 13.1. The molecule has 2 aromatic rings. The molecule has 0 aliphatic heterocycles. The van der Waals surface area contributed by atoms with Gasteiger partial charge in [0.2, 0.25) is 5.91 Å². The lowest BCUT2D eigenvalue weighted by Gasteiger charge is -2.12. The third-order valence-electron chi connectivity index (χ3n) is 3.68. The van der Waals surface area contributed by atoms with Gasteiger partial charge in [-0.05, 0) is 32.1 Å². The molecule has 0 bridgehead atoms. The molecule has 118 valence electrons. The molecule has 1 aromatic heterocycles. The van der Waals surface area contributed by atoms with E-state index in [1.165, 1.54) is 11.0 Å². The van der Waals surface area contributed by atoms with Crippen LogP contribution in [-0.2, 0) is 4.79 Å². The summed E-state index contributed by atoms with van der Waals surface area (Å²) < 4.78 is 1.87. The molecule has 0 saturated heterocycles. The number of nitrogens with zero attached hydrogens (tertiary/aromatic N) is 4. The Labute approximate surface area is 136 Å². The topological polar surface area (TPSA) is 61.9 Å². The molecule has 0 saturated carbocycles. The van der Waals surface area contributed by atoms with Crippen LogP contribution in [0.5, 0.6) is 0 Å². The first-order valence-electron chi connectivity index (χ1n) is 7.46. The summed E-state index contributed by atoms with van der Waals surface area (Å²) >= 11 is 0. The van der Waals surface area contributed by atoms with E-state index in [9.17, 15) is 4.79 Å². The van der Waals surface area contributed by atoms with Gasteiger partial charge in [0.1, 0.15) is 0 Å². The lowest BCUT2D eigenvalue weighted by molar-refractivity contribution is -0.124. The number of carbonyl (C=O) groups is 1. The first-order chi connectivity index (χ1) is 11.0. The van der Waals surface area contributed by atoms with Crippen LogP contribution in [0.2, 0.25) is 0 Å². The van der Waals surface area contributed by atoms with Crippen LogP contribution in [0.4, 0.5) is 0 Å². The van der Waals surface area contributed by atoms with E-state index in [2.05, 4.69) is 5.10 Å². The molecule has 0 fully saturated rings. The van der Waals surface area contributed by atoms with Crippen molar-refractivity contribution >= 4 is 12.0 Å². The fourth-order valence-corrected chi connectivity index (χ4v) is 2.33. The van der Waals surface area contributed by atoms with Crippen LogP contribution in [0.15, 0.2) is 36.4 Å². The molecule has 0 aliphatic carbocycles. The Morgan fingerprint density at radius 3 is 2.70 bits per heavy atom. The maximum Gasteiger partial charge on any atom is 0.246 e. The first-order valence-corrected chi connectivity index (χ1v) is 7.46. The lowest BCUT2D eigenvalue weighted by atomic mass is 10.2. The van der Waals surface area contributed by atoms with Crippen LogP contribution in [0.1, 0.15) is 23.4 Å². The quantitative estimate of drug-likeness (QED) is 0.798. The molecule has 0 unspecified atom stereocenters. The number of hydrogen-bond donors (Lipinski definition) is 0. The monoisotopic (exact) mass is 308 g/mol. The van der Waals surface area contributed by atoms with Crippen molar-refractivity contribution in [2.45, 2.75) is 20.3 Å². The SMILES string of the molecule is Cc1nn(-c2ccccc2)c(C)c1/C=C/C(=O)N(C)CCC#N. The maximum atomic E-state index is 12.0. The third-order valence-corrected chi connectivity index (χ3v) is 3.68. The molecule has 0 aliphatic rings. The smallest absolute Gasteiger partial charge is 0.246 e. The molecule has 0 atom stereocenters. The summed E-state index contributed by atoms with van der Waals surface area (Å²) in [6.45, 7) is 4.34. The highest BCUT2D eigenvalue weighted by atomic mass is 16.2. The van der Waals surface area contributed by atoms with Crippen LogP contribution < -0.4 is 0 Å². The Balaban J connectivity index is 2.21. The van der Waals surface area contributed by atoms with Crippen molar-refractivity contribution in [1.82, 2.24) is 14.7 Å². The highest BCUT2D eigenvalue weighted by molar-refractivity contribution is 5.91. The minimum atomic E-state index is -0.119. The summed E-state index contributed by atoms with van der Waals surface area (Å²) in [7, 11) is 1.69. The Kier molecular flexibility index (Phi) is 5.32. The van der Waals surface area contributed by atoms with Crippen molar-refractivity contribution in [2.24, 2.45) is 0 Å². The number of amides is 1. The Morgan fingerprint density at radius 2 is 2.04 bits per heavy atom. The zero-order chi connectivity index (χ0) is 16.8. The van der Waals surface area contributed by atoms with Crippen LogP contribution in [-0.4, -0.2) is 34.2 Å². The van der Waals surface area contributed by atoms with Crippen molar-refractivity contribution in [1.29, 1.82) is 5.26 Å². The highest BCUT2D eigenvalue weighted by Gasteiger charge is 2.11. The molecule has 1 amide bonds. The second-order valence-electron chi connectivity index (χ2n) is 5.33. The molecule has 0 spiro atoms. The van der Waals surface area contributed by atoms with Crippen LogP contribution in [0.25, 0.3) is 11.8 Å². The van der Waals surface area contributed by atoms with Crippen LogP contribution in [0, 0.1) is 25.2 Å². The van der Waals surface area contributed by atoms with Crippen molar-refractivity contribution in [2.75, 3.05) is 13.6 Å². The van der Waals surface area contributed by atoms with E-state index in [4.69, 9.17) is 5.26 Å². The van der Waals surface area contributed by atoms with Gasteiger partial charge >= 0.3 is 0 Å². The summed E-state index contributed by atoms with van der Waals surface area (Å²) in [5.41, 5.74) is 3.79. The molecule has 2 rings (SSSR count). The minimum absolute atomic E-state index is 0.119. The molecule has 5 nitrogen and oxygen atoms in total. The predicted octanol–water partition coefficient (Wildman–Crippen LogP) is 2.87. The molecule has 1 aromatic carbocycles. The van der Waals surface area contributed by atoms with Gasteiger partial charge in [-0.25, -0.2) is 4.68 Å². The Morgan fingerprint density at radius 1 is 1.35 bits per heavy atom. The van der Waals surface area contributed by atoms with Gasteiger partial charge in [-0.15, -0.1) is 0 Å². The number of aromatic nitrogens is 2. The van der Waals surface area contributed by atoms with Gasteiger partial charge < -0.3 is 4.90 Å². The summed E-state index contributed by atoms with van der Waals surface area (Å²) in [6.07, 6.45) is 3.66. The van der Waals surface area contributed by atoms with Crippen molar-refractivity contribution < 1.29 is 4.79 Å². The van der Waals surface area contributed by atoms with Gasteiger partial charge in [0, 0.05) is 30.9 Å². The number of nitriles is 1. The number of rotatable bonds is 5. The van der Waals surface area contributed by atoms with Gasteiger partial charge in [0.05, 0.1) is 23.9 Å². The standard InChI is InChI=1S/C18H20N4O/c1-14-17(10-11-18(23)21(3)13-7-12-19)15(2)22(20-14)16-8-5-4-6-9-16/h4-6,8-11H,7,13H2,1-3H3/b11-10+. The summed E-state index contributed by atoms with van der Waals surface area (Å²) in [4.78, 5) is 13.6. The minimum Gasteiger partial charge on any atom is -0.341 e. The molecule has 0 N–H and O–H groups in total. The molecule has 0 radical (unpaired) electrons. The van der Waals surface area contributed by atoms with E-state index in [0.717, 1.165) is 22.6 Å². The average molecular weight is 308 g/mol.